The highest BCUT2D eigenvalue weighted by Crippen LogP contribution is 2.33. The molecule has 4 rings (SSSR count). The molecular weight excluding hydrogens is 280 g/mol. The quantitative estimate of drug-likeness (QED) is 0.728. The van der Waals surface area contributed by atoms with Crippen LogP contribution < -0.4 is 15.2 Å². The average Bonchev–Trinajstić information content (AvgIpc) is 3.17. The summed E-state index contributed by atoms with van der Waals surface area (Å²) in [6, 6.07) is 13.0. The number of H-pyrrole nitrogens is 1. The number of para-hydroxylation sites is 1. The maximum Gasteiger partial charge on any atom is 0.231 e. The van der Waals surface area contributed by atoms with Gasteiger partial charge in [0.05, 0.1) is 5.69 Å². The second-order valence-electron chi connectivity index (χ2n) is 5.13. The molecule has 22 heavy (non-hydrogen) atoms. The minimum absolute atomic E-state index is 0.102. The molecule has 5 nitrogen and oxygen atoms in total. The minimum Gasteiger partial charge on any atom is -0.454 e. The van der Waals surface area contributed by atoms with Crippen LogP contribution in [0, 0.1) is 0 Å². The smallest absolute Gasteiger partial charge is 0.231 e. The van der Waals surface area contributed by atoms with Crippen molar-refractivity contribution in [2.24, 2.45) is 5.73 Å². The van der Waals surface area contributed by atoms with Gasteiger partial charge in [-0.15, -0.1) is 0 Å². The van der Waals surface area contributed by atoms with Crippen LogP contribution in [0.3, 0.4) is 0 Å². The minimum atomic E-state index is -0.102. The molecule has 5 heteroatoms. The Bertz CT molecular complexity index is 883. The molecule has 110 valence electrons. The number of hydrogen-bond donors (Lipinski definition) is 2. The number of ether oxygens (including phenoxy) is 2. The number of aromatic nitrogens is 1. The predicted molar refractivity (Wildman–Crippen MR) is 82.2 cm³/mol. The number of fused-ring (bicyclic) bond motifs is 2. The number of carbonyl (C=O) groups excluding carboxylic acids is 1. The van der Waals surface area contributed by atoms with Gasteiger partial charge in [0.15, 0.2) is 11.5 Å². The third-order valence-electron chi connectivity index (χ3n) is 3.88. The SMILES string of the molecule is NCc1c(C(=O)c2ccc3c(c2)OCO3)[nH]c2ccccc12. The van der Waals surface area contributed by atoms with Crippen LogP contribution in [0.15, 0.2) is 42.5 Å². The number of ketones is 1. The van der Waals surface area contributed by atoms with Crippen molar-refractivity contribution >= 4 is 16.7 Å². The molecule has 0 saturated carbocycles. The van der Waals surface area contributed by atoms with Gasteiger partial charge in [-0.3, -0.25) is 4.79 Å². The van der Waals surface area contributed by atoms with Crippen molar-refractivity contribution in [2.45, 2.75) is 6.54 Å². The zero-order valence-electron chi connectivity index (χ0n) is 11.8. The maximum atomic E-state index is 12.8. The molecule has 0 aliphatic carbocycles. The van der Waals surface area contributed by atoms with Crippen LogP contribution in [0.5, 0.6) is 11.5 Å². The summed E-state index contributed by atoms with van der Waals surface area (Å²) in [4.78, 5) is 16.0. The van der Waals surface area contributed by atoms with E-state index in [1.165, 1.54) is 0 Å². The van der Waals surface area contributed by atoms with Gasteiger partial charge in [0.2, 0.25) is 12.6 Å². The summed E-state index contributed by atoms with van der Waals surface area (Å²) in [5, 5.41) is 0.981. The van der Waals surface area contributed by atoms with Gasteiger partial charge in [-0.25, -0.2) is 0 Å². The second-order valence-corrected chi connectivity index (χ2v) is 5.13. The first-order chi connectivity index (χ1) is 10.8. The van der Waals surface area contributed by atoms with E-state index in [1.807, 2.05) is 24.3 Å². The molecule has 0 saturated heterocycles. The Balaban J connectivity index is 1.83. The van der Waals surface area contributed by atoms with Crippen molar-refractivity contribution in [2.75, 3.05) is 6.79 Å². The summed E-state index contributed by atoms with van der Waals surface area (Å²) >= 11 is 0. The van der Waals surface area contributed by atoms with E-state index in [-0.39, 0.29) is 12.6 Å². The summed E-state index contributed by atoms with van der Waals surface area (Å²) in [5.41, 5.74) is 8.67. The average molecular weight is 294 g/mol. The Morgan fingerprint density at radius 2 is 1.95 bits per heavy atom. The topological polar surface area (TPSA) is 77.3 Å². The molecule has 0 fully saturated rings. The van der Waals surface area contributed by atoms with Crippen molar-refractivity contribution in [3.05, 3.63) is 59.3 Å². The Labute approximate surface area is 126 Å². The van der Waals surface area contributed by atoms with E-state index in [0.717, 1.165) is 16.5 Å². The van der Waals surface area contributed by atoms with Gasteiger partial charge < -0.3 is 20.2 Å². The van der Waals surface area contributed by atoms with E-state index in [0.29, 0.717) is 29.3 Å². The first kappa shape index (κ1) is 12.9. The molecule has 0 unspecified atom stereocenters. The van der Waals surface area contributed by atoms with Crippen LogP contribution in [0.25, 0.3) is 10.9 Å². The molecule has 2 heterocycles. The van der Waals surface area contributed by atoms with E-state index < -0.39 is 0 Å². The summed E-state index contributed by atoms with van der Waals surface area (Å²) < 4.78 is 10.6. The number of rotatable bonds is 3. The highest BCUT2D eigenvalue weighted by atomic mass is 16.7. The number of hydrogen-bond acceptors (Lipinski definition) is 4. The molecule has 1 aliphatic heterocycles. The van der Waals surface area contributed by atoms with Gasteiger partial charge in [0.1, 0.15) is 0 Å². The molecule has 0 amide bonds. The van der Waals surface area contributed by atoms with Crippen LogP contribution in [0.1, 0.15) is 21.6 Å². The fraction of sp³-hybridized carbons (Fsp3) is 0.118. The molecule has 1 aromatic heterocycles. The molecule has 0 bridgehead atoms. The molecule has 3 N–H and O–H groups in total. The Morgan fingerprint density at radius 3 is 2.82 bits per heavy atom. The van der Waals surface area contributed by atoms with E-state index in [4.69, 9.17) is 15.2 Å². The Kier molecular flexibility index (Phi) is 2.87. The number of carbonyl (C=O) groups is 1. The van der Waals surface area contributed by atoms with E-state index in [1.54, 1.807) is 18.2 Å². The first-order valence-corrected chi connectivity index (χ1v) is 7.02. The molecule has 1 aliphatic rings. The van der Waals surface area contributed by atoms with E-state index >= 15 is 0 Å². The van der Waals surface area contributed by atoms with Crippen molar-refractivity contribution < 1.29 is 14.3 Å². The number of aromatic amines is 1. The lowest BCUT2D eigenvalue weighted by molar-refractivity contribution is 0.103. The van der Waals surface area contributed by atoms with Crippen LogP contribution in [0.2, 0.25) is 0 Å². The van der Waals surface area contributed by atoms with E-state index in [9.17, 15) is 4.79 Å². The third kappa shape index (κ3) is 1.87. The lowest BCUT2D eigenvalue weighted by atomic mass is 10.0. The standard InChI is InChI=1S/C17H14N2O3/c18-8-12-11-3-1-2-4-13(11)19-16(12)17(20)10-5-6-14-15(7-10)22-9-21-14/h1-7,19H,8-9,18H2. The fourth-order valence-corrected chi connectivity index (χ4v) is 2.79. The zero-order chi connectivity index (χ0) is 15.1. The summed E-state index contributed by atoms with van der Waals surface area (Å²) in [6.45, 7) is 0.489. The van der Waals surface area contributed by atoms with Gasteiger partial charge in [0.25, 0.3) is 0 Å². The van der Waals surface area contributed by atoms with Gasteiger partial charge in [-0.1, -0.05) is 18.2 Å². The molecule has 3 aromatic rings. The lowest BCUT2D eigenvalue weighted by Gasteiger charge is -2.03. The highest BCUT2D eigenvalue weighted by molar-refractivity contribution is 6.12. The molecule has 0 radical (unpaired) electrons. The van der Waals surface area contributed by atoms with Gasteiger partial charge in [-0.2, -0.15) is 0 Å². The monoisotopic (exact) mass is 294 g/mol. The fourth-order valence-electron chi connectivity index (χ4n) is 2.79. The van der Waals surface area contributed by atoms with Gasteiger partial charge >= 0.3 is 0 Å². The Hall–Kier alpha value is -2.79. The van der Waals surface area contributed by atoms with Crippen molar-refractivity contribution in [3.63, 3.8) is 0 Å². The third-order valence-corrected chi connectivity index (χ3v) is 3.88. The number of nitrogens with one attached hydrogen (secondary N) is 1. The van der Waals surface area contributed by atoms with Crippen LogP contribution >= 0.6 is 0 Å². The molecular formula is C17H14N2O3. The lowest BCUT2D eigenvalue weighted by Crippen LogP contribution is -2.08. The molecule has 2 aromatic carbocycles. The van der Waals surface area contributed by atoms with Gasteiger partial charge in [0, 0.05) is 28.6 Å². The van der Waals surface area contributed by atoms with E-state index in [2.05, 4.69) is 4.98 Å². The largest absolute Gasteiger partial charge is 0.454 e. The maximum absolute atomic E-state index is 12.8. The first-order valence-electron chi connectivity index (χ1n) is 7.02. The number of nitrogens with two attached hydrogens (primary N) is 1. The normalized spacial score (nSPS) is 12.8. The molecule has 0 atom stereocenters. The summed E-state index contributed by atoms with van der Waals surface area (Å²) in [6.07, 6.45) is 0. The van der Waals surface area contributed by atoms with Gasteiger partial charge in [-0.05, 0) is 24.3 Å². The number of benzene rings is 2. The van der Waals surface area contributed by atoms with Crippen molar-refractivity contribution in [3.8, 4) is 11.5 Å². The van der Waals surface area contributed by atoms with Crippen molar-refractivity contribution in [1.29, 1.82) is 0 Å². The van der Waals surface area contributed by atoms with Crippen LogP contribution in [-0.2, 0) is 6.54 Å². The van der Waals surface area contributed by atoms with Crippen molar-refractivity contribution in [1.82, 2.24) is 4.98 Å². The zero-order valence-corrected chi connectivity index (χ0v) is 11.8. The van der Waals surface area contributed by atoms with Crippen LogP contribution in [-0.4, -0.2) is 17.6 Å². The summed E-state index contributed by atoms with van der Waals surface area (Å²) in [7, 11) is 0. The van der Waals surface area contributed by atoms with Crippen LogP contribution in [0.4, 0.5) is 0 Å². The summed E-state index contributed by atoms with van der Waals surface area (Å²) in [5.74, 6) is 1.15. The Morgan fingerprint density at radius 1 is 1.14 bits per heavy atom. The predicted octanol–water partition coefficient (Wildman–Crippen LogP) is 2.59. The second kappa shape index (κ2) is 4.89. The highest BCUT2D eigenvalue weighted by Gasteiger charge is 2.21. The molecule has 0 spiro atoms.